The minimum Gasteiger partial charge on any atom is -0.472 e. The third-order valence-corrected chi connectivity index (χ3v) is 4.76. The van der Waals surface area contributed by atoms with E-state index in [9.17, 15) is 14.5 Å². The normalized spacial score (nSPS) is 11.2. The molecular weight excluding hydrogens is 454 g/mol. The minimum atomic E-state index is -0.624. The summed E-state index contributed by atoms with van der Waals surface area (Å²) in [6.07, 6.45) is 4.10. The molecule has 0 atom stereocenters. The van der Waals surface area contributed by atoms with Crippen molar-refractivity contribution in [3.05, 3.63) is 56.7 Å². The van der Waals surface area contributed by atoms with Crippen molar-refractivity contribution in [1.82, 2.24) is 34.5 Å². The fraction of sp³-hybridized carbons (Fsp3) is 0.235. The highest BCUT2D eigenvalue weighted by molar-refractivity contribution is 6.34. The van der Waals surface area contributed by atoms with Crippen LogP contribution in [-0.2, 0) is 6.54 Å². The second-order valence-electron chi connectivity index (χ2n) is 6.37. The molecule has 0 saturated carbocycles. The van der Waals surface area contributed by atoms with Gasteiger partial charge < -0.3 is 4.74 Å². The van der Waals surface area contributed by atoms with Gasteiger partial charge in [0.25, 0.3) is 0 Å². The molecule has 0 amide bonds. The number of fused-ring (bicyclic) bond motifs is 1. The lowest BCUT2D eigenvalue weighted by atomic mass is 10.3. The predicted octanol–water partition coefficient (Wildman–Crippen LogP) is 3.54. The third kappa shape index (κ3) is 4.25. The number of aromatic nitrogens is 7. The second kappa shape index (κ2) is 8.40. The second-order valence-corrected chi connectivity index (χ2v) is 7.07. The molecule has 4 aromatic heterocycles. The van der Waals surface area contributed by atoms with Crippen LogP contribution in [0.15, 0.2) is 24.7 Å². The Balaban J connectivity index is 1.49. The number of halogens is 3. The van der Waals surface area contributed by atoms with Gasteiger partial charge in [-0.3, -0.25) is 15.1 Å². The number of pyridine rings is 1. The van der Waals surface area contributed by atoms with Crippen molar-refractivity contribution in [2.75, 3.05) is 6.61 Å². The van der Waals surface area contributed by atoms with Gasteiger partial charge in [0.15, 0.2) is 10.8 Å². The first-order valence-electron chi connectivity index (χ1n) is 8.87. The molecule has 0 aliphatic rings. The molecule has 4 heterocycles. The molecule has 0 unspecified atom stereocenters. The van der Waals surface area contributed by atoms with Crippen LogP contribution >= 0.6 is 23.2 Å². The molecule has 0 saturated heterocycles. The summed E-state index contributed by atoms with van der Waals surface area (Å²) in [5.41, 5.74) is 0.839. The summed E-state index contributed by atoms with van der Waals surface area (Å²) in [5, 5.41) is 20.5. The van der Waals surface area contributed by atoms with Gasteiger partial charge in [-0.2, -0.15) is 10.1 Å². The molecule has 4 aromatic rings. The zero-order valence-electron chi connectivity index (χ0n) is 15.9. The summed E-state index contributed by atoms with van der Waals surface area (Å²) in [6, 6.07) is 1.18. The van der Waals surface area contributed by atoms with Gasteiger partial charge in [0, 0.05) is 25.2 Å². The van der Waals surface area contributed by atoms with Crippen molar-refractivity contribution < 1.29 is 14.1 Å². The van der Waals surface area contributed by atoms with E-state index in [4.69, 9.17) is 27.9 Å². The van der Waals surface area contributed by atoms with E-state index in [2.05, 4.69) is 25.1 Å². The standard InChI is InChI=1S/C17H13Cl2FN8O3/c1-9-12(5-10(20)6-21-9)27-8-13(28(29)30)16(25-27)31-4-2-3-26-15-11(14(18)24-26)7-22-17(19)23-15/h5-8H,2-4H2,1H3. The van der Waals surface area contributed by atoms with E-state index in [0.29, 0.717) is 29.7 Å². The van der Waals surface area contributed by atoms with Crippen molar-refractivity contribution in [2.45, 2.75) is 19.9 Å². The van der Waals surface area contributed by atoms with Crippen LogP contribution in [0.5, 0.6) is 5.88 Å². The third-order valence-electron chi connectivity index (χ3n) is 4.30. The van der Waals surface area contributed by atoms with Gasteiger partial charge in [-0.1, -0.05) is 11.6 Å². The number of nitro groups is 1. The molecule has 14 heteroatoms. The average molecular weight is 467 g/mol. The molecule has 0 fully saturated rings. The number of ether oxygens (including phenoxy) is 1. The topological polar surface area (TPSA) is 127 Å². The molecule has 0 bridgehead atoms. The zero-order chi connectivity index (χ0) is 22.1. The average Bonchev–Trinajstić information content (AvgIpc) is 3.28. The smallest absolute Gasteiger partial charge is 0.350 e. The summed E-state index contributed by atoms with van der Waals surface area (Å²) < 4.78 is 21.8. The number of nitrogens with zero attached hydrogens (tertiary/aromatic N) is 8. The van der Waals surface area contributed by atoms with Gasteiger partial charge >= 0.3 is 11.6 Å². The SMILES string of the molecule is Cc1ncc(F)cc1-n1cc([N+](=O)[O-])c(OCCCn2nc(Cl)c3cnc(Cl)nc32)n1. The number of rotatable bonds is 7. The van der Waals surface area contributed by atoms with Crippen LogP contribution in [0.1, 0.15) is 12.1 Å². The molecule has 0 aromatic carbocycles. The molecule has 0 aliphatic carbocycles. The molecule has 4 rings (SSSR count). The lowest BCUT2D eigenvalue weighted by Crippen LogP contribution is -2.08. The van der Waals surface area contributed by atoms with Crippen LogP contribution in [0.4, 0.5) is 10.1 Å². The van der Waals surface area contributed by atoms with Crippen LogP contribution in [0, 0.1) is 22.9 Å². The summed E-state index contributed by atoms with van der Waals surface area (Å²) in [7, 11) is 0. The molecule has 0 aliphatic heterocycles. The fourth-order valence-electron chi connectivity index (χ4n) is 2.87. The van der Waals surface area contributed by atoms with Crippen LogP contribution in [0.3, 0.4) is 0 Å². The van der Waals surface area contributed by atoms with Gasteiger partial charge in [-0.05, 0) is 18.5 Å². The summed E-state index contributed by atoms with van der Waals surface area (Å²) in [5.74, 6) is -0.780. The van der Waals surface area contributed by atoms with E-state index < -0.39 is 10.7 Å². The highest BCUT2D eigenvalue weighted by Gasteiger charge is 2.23. The van der Waals surface area contributed by atoms with Crippen molar-refractivity contribution in [3.63, 3.8) is 0 Å². The molecule has 160 valence electrons. The Labute approximate surface area is 183 Å². The summed E-state index contributed by atoms with van der Waals surface area (Å²) in [4.78, 5) is 22.6. The Morgan fingerprint density at radius 1 is 1.26 bits per heavy atom. The minimum absolute atomic E-state index is 0.0601. The van der Waals surface area contributed by atoms with Crippen LogP contribution in [0.25, 0.3) is 16.7 Å². The molecule has 0 N–H and O–H groups in total. The van der Waals surface area contributed by atoms with E-state index in [1.54, 1.807) is 11.6 Å². The number of hydrogen-bond donors (Lipinski definition) is 0. The maximum absolute atomic E-state index is 13.5. The van der Waals surface area contributed by atoms with Crippen LogP contribution < -0.4 is 4.74 Å². The lowest BCUT2D eigenvalue weighted by Gasteiger charge is -2.05. The summed E-state index contributed by atoms with van der Waals surface area (Å²) in [6.45, 7) is 2.09. The molecule has 11 nitrogen and oxygen atoms in total. The maximum atomic E-state index is 13.5. The van der Waals surface area contributed by atoms with E-state index in [1.165, 1.54) is 16.9 Å². The number of aryl methyl sites for hydroxylation is 2. The zero-order valence-corrected chi connectivity index (χ0v) is 17.4. The highest BCUT2D eigenvalue weighted by Crippen LogP contribution is 2.28. The molecule has 0 spiro atoms. The lowest BCUT2D eigenvalue weighted by molar-refractivity contribution is -0.385. The van der Waals surface area contributed by atoms with Gasteiger partial charge in [0.2, 0.25) is 5.28 Å². The number of hydrogen-bond acceptors (Lipinski definition) is 8. The maximum Gasteiger partial charge on any atom is 0.350 e. The first-order chi connectivity index (χ1) is 14.8. The highest BCUT2D eigenvalue weighted by atomic mass is 35.5. The van der Waals surface area contributed by atoms with Crippen molar-refractivity contribution in [3.8, 4) is 11.6 Å². The van der Waals surface area contributed by atoms with E-state index >= 15 is 0 Å². The van der Waals surface area contributed by atoms with E-state index in [1.807, 2.05) is 0 Å². The van der Waals surface area contributed by atoms with Gasteiger partial charge in [-0.15, -0.1) is 5.10 Å². The quantitative estimate of drug-likeness (QED) is 0.175. The van der Waals surface area contributed by atoms with Crippen LogP contribution in [-0.4, -0.2) is 46.0 Å². The summed E-state index contributed by atoms with van der Waals surface area (Å²) >= 11 is 11.9. The van der Waals surface area contributed by atoms with Crippen LogP contribution in [0.2, 0.25) is 10.4 Å². The fourth-order valence-corrected chi connectivity index (χ4v) is 3.22. The Hall–Kier alpha value is -3.38. The van der Waals surface area contributed by atoms with Gasteiger partial charge in [0.1, 0.15) is 12.0 Å². The van der Waals surface area contributed by atoms with Crippen molar-refractivity contribution in [2.24, 2.45) is 0 Å². The Morgan fingerprint density at radius 3 is 2.84 bits per heavy atom. The molecule has 31 heavy (non-hydrogen) atoms. The Bertz CT molecular complexity index is 1290. The van der Waals surface area contributed by atoms with Crippen molar-refractivity contribution >= 4 is 39.9 Å². The monoisotopic (exact) mass is 466 g/mol. The van der Waals surface area contributed by atoms with Gasteiger partial charge in [-0.25, -0.2) is 18.7 Å². The largest absolute Gasteiger partial charge is 0.472 e. The molecular formula is C17H13Cl2FN8O3. The van der Waals surface area contributed by atoms with E-state index in [-0.39, 0.29) is 34.3 Å². The molecule has 0 radical (unpaired) electrons. The first kappa shape index (κ1) is 20.9. The van der Waals surface area contributed by atoms with E-state index in [0.717, 1.165) is 12.4 Å². The Morgan fingerprint density at radius 2 is 2.06 bits per heavy atom. The van der Waals surface area contributed by atoms with Crippen molar-refractivity contribution in [1.29, 1.82) is 0 Å². The van der Waals surface area contributed by atoms with Gasteiger partial charge in [0.05, 0.1) is 34.5 Å². The first-order valence-corrected chi connectivity index (χ1v) is 9.63. The Kier molecular flexibility index (Phi) is 5.65. The predicted molar refractivity (Wildman–Crippen MR) is 108 cm³/mol.